The minimum atomic E-state index is -1.26. The number of carbonyl (C=O) groups excluding carboxylic acids is 3. The molecular weight excluding hydrogens is 520 g/mol. The lowest BCUT2D eigenvalue weighted by atomic mass is 9.98. The maximum atomic E-state index is 13.3. The highest BCUT2D eigenvalue weighted by molar-refractivity contribution is 5.90. The molecule has 0 radical (unpaired) electrons. The van der Waals surface area contributed by atoms with Crippen LogP contribution in [0.5, 0.6) is 0 Å². The standard InChI is InChI=1S/C33H36N2O6/c1-21(2)18-23(36)16-17-29(32(38)39)34-31(37)30(19-22-10-4-3-5-11-22)35-33(40)41-20-28-26-14-8-6-12-24(26)25-13-7-9-15-27(25)28/h3-15,21,28-30H,16-20H2,1-2H3,(H,34,37)(H,35,40)(H,38,39). The number of carboxylic acid groups (broad SMARTS) is 1. The summed E-state index contributed by atoms with van der Waals surface area (Å²) < 4.78 is 5.64. The molecule has 8 nitrogen and oxygen atoms in total. The van der Waals surface area contributed by atoms with Gasteiger partial charge in [0.05, 0.1) is 0 Å². The van der Waals surface area contributed by atoms with E-state index in [2.05, 4.69) is 10.6 Å². The zero-order valence-electron chi connectivity index (χ0n) is 23.3. The molecule has 0 aliphatic heterocycles. The Labute approximate surface area is 240 Å². The van der Waals surface area contributed by atoms with Crippen LogP contribution in [-0.2, 0) is 25.5 Å². The Morgan fingerprint density at radius 2 is 1.39 bits per heavy atom. The van der Waals surface area contributed by atoms with E-state index >= 15 is 0 Å². The van der Waals surface area contributed by atoms with Crippen molar-refractivity contribution in [2.24, 2.45) is 5.92 Å². The Bertz CT molecular complexity index is 1340. The van der Waals surface area contributed by atoms with Gasteiger partial charge in [-0.25, -0.2) is 9.59 Å². The smallest absolute Gasteiger partial charge is 0.407 e. The van der Waals surface area contributed by atoms with Gasteiger partial charge in [0.15, 0.2) is 0 Å². The molecule has 214 valence electrons. The highest BCUT2D eigenvalue weighted by Gasteiger charge is 2.31. The van der Waals surface area contributed by atoms with Crippen LogP contribution in [0.25, 0.3) is 11.1 Å². The molecule has 0 bridgehead atoms. The Balaban J connectivity index is 1.43. The van der Waals surface area contributed by atoms with Crippen molar-refractivity contribution >= 4 is 23.8 Å². The number of ketones is 1. The summed E-state index contributed by atoms with van der Waals surface area (Å²) >= 11 is 0. The molecule has 0 fully saturated rings. The Morgan fingerprint density at radius 1 is 0.805 bits per heavy atom. The molecule has 1 aliphatic carbocycles. The molecule has 4 rings (SSSR count). The van der Waals surface area contributed by atoms with Crippen molar-refractivity contribution in [3.63, 3.8) is 0 Å². The maximum Gasteiger partial charge on any atom is 0.407 e. The average Bonchev–Trinajstić information content (AvgIpc) is 3.27. The second kappa shape index (κ2) is 13.7. The van der Waals surface area contributed by atoms with E-state index in [1.54, 1.807) is 0 Å². The fourth-order valence-electron chi connectivity index (χ4n) is 5.23. The summed E-state index contributed by atoms with van der Waals surface area (Å²) in [5.74, 6) is -1.94. The van der Waals surface area contributed by atoms with Gasteiger partial charge in [-0.1, -0.05) is 92.7 Å². The first-order valence-corrected chi connectivity index (χ1v) is 13.9. The van der Waals surface area contributed by atoms with Crippen LogP contribution in [0.2, 0.25) is 0 Å². The number of hydrogen-bond donors (Lipinski definition) is 3. The molecule has 8 heteroatoms. The molecule has 41 heavy (non-hydrogen) atoms. The third kappa shape index (κ3) is 7.81. The molecule has 0 saturated carbocycles. The van der Waals surface area contributed by atoms with Gasteiger partial charge >= 0.3 is 12.1 Å². The van der Waals surface area contributed by atoms with Crippen molar-refractivity contribution in [2.45, 2.75) is 57.5 Å². The Hall–Kier alpha value is -4.46. The highest BCUT2D eigenvalue weighted by atomic mass is 16.5. The highest BCUT2D eigenvalue weighted by Crippen LogP contribution is 2.44. The summed E-state index contributed by atoms with van der Waals surface area (Å²) in [6.07, 6.45) is -0.286. The van der Waals surface area contributed by atoms with E-state index in [0.29, 0.717) is 6.42 Å². The number of benzene rings is 3. The van der Waals surface area contributed by atoms with Gasteiger partial charge in [0.25, 0.3) is 0 Å². The summed E-state index contributed by atoms with van der Waals surface area (Å²) in [4.78, 5) is 50.3. The van der Waals surface area contributed by atoms with Crippen molar-refractivity contribution in [1.29, 1.82) is 0 Å². The second-order valence-corrected chi connectivity index (χ2v) is 10.8. The number of alkyl carbamates (subject to hydrolysis) is 1. The van der Waals surface area contributed by atoms with Crippen molar-refractivity contribution in [1.82, 2.24) is 10.6 Å². The number of fused-ring (bicyclic) bond motifs is 3. The molecule has 0 aromatic heterocycles. The van der Waals surface area contributed by atoms with Gasteiger partial charge in [0.1, 0.15) is 24.5 Å². The van der Waals surface area contributed by atoms with Crippen LogP contribution in [0.3, 0.4) is 0 Å². The van der Waals surface area contributed by atoms with Gasteiger partial charge in [-0.3, -0.25) is 9.59 Å². The number of Topliss-reactive ketones (excluding diaryl/α,β-unsaturated/α-hetero) is 1. The monoisotopic (exact) mass is 556 g/mol. The number of amides is 2. The molecular formula is C33H36N2O6. The van der Waals surface area contributed by atoms with Crippen molar-refractivity contribution in [2.75, 3.05) is 6.61 Å². The van der Waals surface area contributed by atoms with Gasteiger partial charge < -0.3 is 20.5 Å². The fourth-order valence-corrected chi connectivity index (χ4v) is 5.23. The molecule has 1 aliphatic rings. The number of carboxylic acids is 1. The first-order chi connectivity index (χ1) is 19.7. The van der Waals surface area contributed by atoms with Gasteiger partial charge in [0.2, 0.25) is 5.91 Å². The molecule has 2 unspecified atom stereocenters. The van der Waals surface area contributed by atoms with E-state index in [4.69, 9.17) is 4.74 Å². The lowest BCUT2D eigenvalue weighted by Gasteiger charge is -2.22. The van der Waals surface area contributed by atoms with Crippen LogP contribution in [0.4, 0.5) is 4.79 Å². The lowest BCUT2D eigenvalue weighted by Crippen LogP contribution is -2.52. The quantitative estimate of drug-likeness (QED) is 0.269. The molecule has 0 heterocycles. The van der Waals surface area contributed by atoms with Crippen molar-refractivity contribution < 1.29 is 29.0 Å². The maximum absolute atomic E-state index is 13.3. The molecule has 3 aromatic carbocycles. The summed E-state index contributed by atoms with van der Waals surface area (Å²) in [6.45, 7) is 3.91. The number of hydrogen-bond acceptors (Lipinski definition) is 5. The van der Waals surface area contributed by atoms with Gasteiger partial charge in [0, 0.05) is 25.2 Å². The minimum Gasteiger partial charge on any atom is -0.480 e. The molecule has 0 saturated heterocycles. The normalized spacial score (nSPS) is 13.5. The van der Waals surface area contributed by atoms with Gasteiger partial charge in [-0.2, -0.15) is 0 Å². The number of rotatable bonds is 13. The third-order valence-electron chi connectivity index (χ3n) is 7.20. The van der Waals surface area contributed by atoms with Gasteiger partial charge in [-0.15, -0.1) is 0 Å². The number of ether oxygens (including phenoxy) is 1. The van der Waals surface area contributed by atoms with E-state index in [0.717, 1.165) is 27.8 Å². The predicted molar refractivity (Wildman–Crippen MR) is 155 cm³/mol. The average molecular weight is 557 g/mol. The molecule has 2 amide bonds. The van der Waals surface area contributed by atoms with Crippen LogP contribution >= 0.6 is 0 Å². The summed E-state index contributed by atoms with van der Waals surface area (Å²) in [5, 5.41) is 14.9. The largest absolute Gasteiger partial charge is 0.480 e. The first kappa shape index (κ1) is 29.5. The van der Waals surface area contributed by atoms with Crippen LogP contribution < -0.4 is 10.6 Å². The van der Waals surface area contributed by atoms with E-state index in [1.807, 2.05) is 92.7 Å². The van der Waals surface area contributed by atoms with Crippen LogP contribution in [0.1, 0.15) is 55.7 Å². The minimum absolute atomic E-state index is 0.0321. The summed E-state index contributed by atoms with van der Waals surface area (Å²) in [5.41, 5.74) is 5.12. The SMILES string of the molecule is CC(C)CC(=O)CCC(NC(=O)C(Cc1ccccc1)NC(=O)OCC1c2ccccc2-c2ccccc21)C(=O)O. The molecule has 3 aromatic rings. The number of nitrogens with one attached hydrogen (secondary N) is 2. The van der Waals surface area contributed by atoms with E-state index in [1.165, 1.54) is 0 Å². The van der Waals surface area contributed by atoms with Crippen LogP contribution in [0, 0.1) is 5.92 Å². The molecule has 3 N–H and O–H groups in total. The van der Waals surface area contributed by atoms with E-state index in [-0.39, 0.29) is 43.5 Å². The first-order valence-electron chi connectivity index (χ1n) is 13.9. The fraction of sp³-hybridized carbons (Fsp3) is 0.333. The zero-order chi connectivity index (χ0) is 29.4. The predicted octanol–water partition coefficient (Wildman–Crippen LogP) is 5.10. The van der Waals surface area contributed by atoms with E-state index < -0.39 is 30.1 Å². The lowest BCUT2D eigenvalue weighted by molar-refractivity contribution is -0.142. The van der Waals surface area contributed by atoms with Crippen molar-refractivity contribution in [3.8, 4) is 11.1 Å². The van der Waals surface area contributed by atoms with Crippen LogP contribution in [-0.4, -0.2) is 47.6 Å². The summed E-state index contributed by atoms with van der Waals surface area (Å²) in [7, 11) is 0. The number of aliphatic carboxylic acids is 1. The Kier molecular flexibility index (Phi) is 9.90. The van der Waals surface area contributed by atoms with Crippen molar-refractivity contribution in [3.05, 3.63) is 95.6 Å². The molecule has 0 spiro atoms. The molecule has 2 atom stereocenters. The Morgan fingerprint density at radius 3 is 1.98 bits per heavy atom. The van der Waals surface area contributed by atoms with E-state index in [9.17, 15) is 24.3 Å². The zero-order valence-corrected chi connectivity index (χ0v) is 23.3. The topological polar surface area (TPSA) is 122 Å². The summed E-state index contributed by atoms with van der Waals surface area (Å²) in [6, 6.07) is 22.7. The van der Waals surface area contributed by atoms with Crippen LogP contribution in [0.15, 0.2) is 78.9 Å². The number of carbonyl (C=O) groups is 4. The third-order valence-corrected chi connectivity index (χ3v) is 7.20. The second-order valence-electron chi connectivity index (χ2n) is 10.8. The van der Waals surface area contributed by atoms with Gasteiger partial charge in [-0.05, 0) is 40.2 Å².